The molecule has 104 valence electrons. The molecule has 3 rings (SSSR count). The summed E-state index contributed by atoms with van der Waals surface area (Å²) in [6, 6.07) is 6.69. The maximum Gasteiger partial charge on any atom is 0.163 e. The van der Waals surface area contributed by atoms with Crippen LogP contribution in [-0.2, 0) is 0 Å². The maximum atomic E-state index is 5.72. The van der Waals surface area contributed by atoms with Crippen molar-refractivity contribution >= 4 is 5.69 Å². The minimum absolute atomic E-state index is 0.523. The van der Waals surface area contributed by atoms with Gasteiger partial charge >= 0.3 is 0 Å². The van der Waals surface area contributed by atoms with Crippen molar-refractivity contribution in [1.29, 1.82) is 0 Å². The van der Waals surface area contributed by atoms with Crippen molar-refractivity contribution in [3.05, 3.63) is 18.2 Å². The Bertz CT molecular complexity index is 429. The first-order valence-electron chi connectivity index (χ1n) is 7.47. The zero-order valence-electron chi connectivity index (χ0n) is 11.7. The van der Waals surface area contributed by atoms with Crippen LogP contribution in [0.25, 0.3) is 0 Å². The van der Waals surface area contributed by atoms with Crippen molar-refractivity contribution in [2.45, 2.75) is 45.1 Å². The maximum absolute atomic E-state index is 5.72. The molecule has 1 heterocycles. The molecule has 0 bridgehead atoms. The first kappa shape index (κ1) is 12.6. The fraction of sp³-hybridized carbons (Fsp3) is 0.625. The lowest BCUT2D eigenvalue weighted by molar-refractivity contribution is 0.286. The third-order valence-corrected chi connectivity index (χ3v) is 4.07. The molecule has 1 aromatic rings. The van der Waals surface area contributed by atoms with Crippen molar-refractivity contribution in [2.24, 2.45) is 5.92 Å². The first-order valence-corrected chi connectivity index (χ1v) is 7.47. The lowest BCUT2D eigenvalue weighted by Crippen LogP contribution is -2.23. The highest BCUT2D eigenvalue weighted by Gasteiger charge is 2.20. The van der Waals surface area contributed by atoms with Gasteiger partial charge in [0.2, 0.25) is 0 Å². The van der Waals surface area contributed by atoms with Gasteiger partial charge in [-0.1, -0.05) is 19.3 Å². The topological polar surface area (TPSA) is 30.5 Å². The van der Waals surface area contributed by atoms with E-state index in [0.29, 0.717) is 6.04 Å². The number of hydrogen-bond acceptors (Lipinski definition) is 3. The Morgan fingerprint density at radius 2 is 1.95 bits per heavy atom. The Morgan fingerprint density at radius 1 is 1.16 bits per heavy atom. The van der Waals surface area contributed by atoms with Crippen LogP contribution in [0.4, 0.5) is 5.69 Å². The summed E-state index contributed by atoms with van der Waals surface area (Å²) in [5, 5.41) is 3.58. The number of rotatable bonds is 4. The highest BCUT2D eigenvalue weighted by atomic mass is 16.5. The van der Waals surface area contributed by atoms with E-state index < -0.39 is 0 Å². The lowest BCUT2D eigenvalue weighted by atomic mass is 9.81. The summed E-state index contributed by atoms with van der Waals surface area (Å²) < 4.78 is 11.4. The van der Waals surface area contributed by atoms with Gasteiger partial charge in [-0.2, -0.15) is 0 Å². The van der Waals surface area contributed by atoms with Gasteiger partial charge < -0.3 is 14.8 Å². The van der Waals surface area contributed by atoms with Crippen LogP contribution in [0, 0.1) is 5.92 Å². The standard InChI is InChI=1S/C16H23NO2/c1-12(10-13-4-2-5-13)17-14-6-7-15-16(11-14)19-9-3-8-18-15/h6-7,11-13,17H,2-5,8-10H2,1H3. The van der Waals surface area contributed by atoms with Gasteiger partial charge in [-0.15, -0.1) is 0 Å². The molecule has 1 aliphatic heterocycles. The van der Waals surface area contributed by atoms with Crippen LogP contribution in [0.1, 0.15) is 39.0 Å². The zero-order chi connectivity index (χ0) is 13.1. The van der Waals surface area contributed by atoms with E-state index in [1.54, 1.807) is 0 Å². The summed E-state index contributed by atoms with van der Waals surface area (Å²) in [5.41, 5.74) is 1.14. The van der Waals surface area contributed by atoms with E-state index >= 15 is 0 Å². The van der Waals surface area contributed by atoms with E-state index in [9.17, 15) is 0 Å². The van der Waals surface area contributed by atoms with Crippen LogP contribution in [-0.4, -0.2) is 19.3 Å². The number of ether oxygens (including phenoxy) is 2. The monoisotopic (exact) mass is 261 g/mol. The second-order valence-corrected chi connectivity index (χ2v) is 5.79. The van der Waals surface area contributed by atoms with Crippen molar-refractivity contribution in [1.82, 2.24) is 0 Å². The fourth-order valence-electron chi connectivity index (χ4n) is 2.83. The molecule has 1 unspecified atom stereocenters. The third-order valence-electron chi connectivity index (χ3n) is 4.07. The summed E-state index contributed by atoms with van der Waals surface area (Å²) >= 11 is 0. The quantitative estimate of drug-likeness (QED) is 0.893. The Hall–Kier alpha value is -1.38. The number of benzene rings is 1. The van der Waals surface area contributed by atoms with Crippen LogP contribution in [0.15, 0.2) is 18.2 Å². The molecule has 1 atom stereocenters. The van der Waals surface area contributed by atoms with Gasteiger partial charge in [0.25, 0.3) is 0 Å². The van der Waals surface area contributed by atoms with Gasteiger partial charge in [-0.25, -0.2) is 0 Å². The van der Waals surface area contributed by atoms with Gasteiger partial charge in [0.1, 0.15) is 0 Å². The van der Waals surface area contributed by atoms with Crippen LogP contribution < -0.4 is 14.8 Å². The van der Waals surface area contributed by atoms with E-state index in [2.05, 4.69) is 24.4 Å². The fourth-order valence-corrected chi connectivity index (χ4v) is 2.83. The Morgan fingerprint density at radius 3 is 2.68 bits per heavy atom. The van der Waals surface area contributed by atoms with E-state index in [-0.39, 0.29) is 0 Å². The van der Waals surface area contributed by atoms with Gasteiger partial charge in [0.05, 0.1) is 13.2 Å². The van der Waals surface area contributed by atoms with E-state index in [1.807, 2.05) is 6.07 Å². The summed E-state index contributed by atoms with van der Waals surface area (Å²) in [6.07, 6.45) is 6.46. The molecule has 0 spiro atoms. The summed E-state index contributed by atoms with van der Waals surface area (Å²) in [4.78, 5) is 0. The van der Waals surface area contributed by atoms with Gasteiger partial charge in [0.15, 0.2) is 11.5 Å². The van der Waals surface area contributed by atoms with Crippen LogP contribution in [0.3, 0.4) is 0 Å². The molecule has 1 N–H and O–H groups in total. The number of fused-ring (bicyclic) bond motifs is 1. The SMILES string of the molecule is CC(CC1CCC1)Nc1ccc2c(c1)OCCCO2. The second-order valence-electron chi connectivity index (χ2n) is 5.79. The highest BCUT2D eigenvalue weighted by molar-refractivity contribution is 5.55. The first-order chi connectivity index (χ1) is 9.31. The predicted molar refractivity (Wildman–Crippen MR) is 77.1 cm³/mol. The highest BCUT2D eigenvalue weighted by Crippen LogP contribution is 2.34. The summed E-state index contributed by atoms with van der Waals surface area (Å²) in [7, 11) is 0. The molecule has 1 fully saturated rings. The zero-order valence-corrected chi connectivity index (χ0v) is 11.7. The molecular weight excluding hydrogens is 238 g/mol. The Balaban J connectivity index is 1.62. The summed E-state index contributed by atoms with van der Waals surface area (Å²) in [5.74, 6) is 2.68. The second kappa shape index (κ2) is 5.72. The molecule has 1 aliphatic carbocycles. The molecule has 0 aromatic heterocycles. The van der Waals surface area contributed by atoms with Crippen LogP contribution >= 0.6 is 0 Å². The molecule has 1 aromatic carbocycles. The molecule has 2 aliphatic rings. The molecule has 0 radical (unpaired) electrons. The van der Waals surface area contributed by atoms with Crippen molar-refractivity contribution in [2.75, 3.05) is 18.5 Å². The molecule has 3 heteroatoms. The van der Waals surface area contributed by atoms with Crippen molar-refractivity contribution in [3.63, 3.8) is 0 Å². The molecular formula is C16H23NO2. The van der Waals surface area contributed by atoms with E-state index in [0.717, 1.165) is 42.7 Å². The normalized spacial score (nSPS) is 20.3. The largest absolute Gasteiger partial charge is 0.490 e. The average Bonchev–Trinajstić information content (AvgIpc) is 2.58. The number of nitrogens with one attached hydrogen (secondary N) is 1. The van der Waals surface area contributed by atoms with Crippen LogP contribution in [0.5, 0.6) is 11.5 Å². The Labute approximate surface area is 115 Å². The van der Waals surface area contributed by atoms with Gasteiger partial charge in [0, 0.05) is 24.2 Å². The van der Waals surface area contributed by atoms with Gasteiger partial charge in [-0.3, -0.25) is 0 Å². The van der Waals surface area contributed by atoms with Crippen molar-refractivity contribution in [3.8, 4) is 11.5 Å². The van der Waals surface area contributed by atoms with E-state index in [4.69, 9.17) is 9.47 Å². The summed E-state index contributed by atoms with van der Waals surface area (Å²) in [6.45, 7) is 3.76. The molecule has 0 saturated heterocycles. The molecule has 1 saturated carbocycles. The molecule has 0 amide bonds. The third kappa shape index (κ3) is 3.14. The number of hydrogen-bond donors (Lipinski definition) is 1. The van der Waals surface area contributed by atoms with Crippen molar-refractivity contribution < 1.29 is 9.47 Å². The minimum atomic E-state index is 0.523. The molecule has 3 nitrogen and oxygen atoms in total. The number of anilines is 1. The average molecular weight is 261 g/mol. The smallest absolute Gasteiger partial charge is 0.163 e. The Kier molecular flexibility index (Phi) is 3.81. The van der Waals surface area contributed by atoms with Gasteiger partial charge in [-0.05, 0) is 31.4 Å². The predicted octanol–water partition coefficient (Wildman–Crippen LogP) is 3.84. The van der Waals surface area contributed by atoms with Crippen LogP contribution in [0.2, 0.25) is 0 Å². The molecule has 19 heavy (non-hydrogen) atoms. The lowest BCUT2D eigenvalue weighted by Gasteiger charge is -2.29. The van der Waals surface area contributed by atoms with E-state index in [1.165, 1.54) is 25.7 Å². The minimum Gasteiger partial charge on any atom is -0.490 e.